The van der Waals surface area contributed by atoms with Gasteiger partial charge < -0.3 is 15.0 Å². The fraction of sp³-hybridized carbons (Fsp3) is 0.524. The first kappa shape index (κ1) is 15.9. The average Bonchev–Trinajstić information content (AvgIpc) is 2.94. The lowest BCUT2D eigenvalue weighted by Gasteiger charge is -2.48. The van der Waals surface area contributed by atoms with E-state index in [1.54, 1.807) is 0 Å². The minimum atomic E-state index is -0.268. The SMILES string of the molecule is C=CC(C)(C)c1[nH]c2cccc3c2c1C[C@@H]1[C@@H]3[C@@H](O)[C@H](C)CN1C. The number of allylic oxidation sites excluding steroid dienone is 1. The summed E-state index contributed by atoms with van der Waals surface area (Å²) in [5, 5.41) is 12.3. The maximum atomic E-state index is 10.9. The molecule has 1 aromatic heterocycles. The van der Waals surface area contributed by atoms with E-state index in [2.05, 4.69) is 62.5 Å². The van der Waals surface area contributed by atoms with Gasteiger partial charge in [-0.3, -0.25) is 0 Å². The summed E-state index contributed by atoms with van der Waals surface area (Å²) in [7, 11) is 2.20. The number of likely N-dealkylation sites (N-methyl/N-ethyl adjacent to an activating group) is 1. The van der Waals surface area contributed by atoms with Gasteiger partial charge in [0, 0.05) is 40.5 Å². The van der Waals surface area contributed by atoms with Crippen LogP contribution in [0.3, 0.4) is 0 Å². The molecule has 24 heavy (non-hydrogen) atoms. The van der Waals surface area contributed by atoms with Crippen LogP contribution in [-0.4, -0.2) is 40.7 Å². The molecule has 2 aliphatic rings. The Morgan fingerprint density at radius 2 is 2.12 bits per heavy atom. The van der Waals surface area contributed by atoms with Crippen molar-refractivity contribution in [1.29, 1.82) is 0 Å². The lowest BCUT2D eigenvalue weighted by molar-refractivity contribution is -0.0113. The molecule has 2 heterocycles. The Labute approximate surface area is 144 Å². The number of hydrogen-bond donors (Lipinski definition) is 2. The van der Waals surface area contributed by atoms with Crippen LogP contribution in [0.4, 0.5) is 0 Å². The second-order valence-corrected chi connectivity index (χ2v) is 8.38. The first-order chi connectivity index (χ1) is 11.3. The molecule has 0 amide bonds. The van der Waals surface area contributed by atoms with Crippen LogP contribution in [-0.2, 0) is 11.8 Å². The minimum absolute atomic E-state index is 0.0857. The topological polar surface area (TPSA) is 39.3 Å². The zero-order valence-corrected chi connectivity index (χ0v) is 15.1. The first-order valence-corrected chi connectivity index (χ1v) is 9.01. The van der Waals surface area contributed by atoms with Gasteiger partial charge in [0.2, 0.25) is 0 Å². The highest BCUT2D eigenvalue weighted by Crippen LogP contribution is 2.47. The number of H-pyrrole nitrogens is 1. The highest BCUT2D eigenvalue weighted by Gasteiger charge is 2.45. The molecule has 2 N–H and O–H groups in total. The molecule has 4 rings (SSSR count). The van der Waals surface area contributed by atoms with Crippen molar-refractivity contribution in [2.24, 2.45) is 5.92 Å². The van der Waals surface area contributed by atoms with Gasteiger partial charge in [0.15, 0.2) is 0 Å². The van der Waals surface area contributed by atoms with E-state index in [0.717, 1.165) is 13.0 Å². The summed E-state index contributed by atoms with van der Waals surface area (Å²) in [6, 6.07) is 6.87. The molecule has 128 valence electrons. The second-order valence-electron chi connectivity index (χ2n) is 8.38. The summed E-state index contributed by atoms with van der Waals surface area (Å²) in [5.74, 6) is 0.501. The number of aliphatic hydroxyl groups is 1. The van der Waals surface area contributed by atoms with Gasteiger partial charge in [-0.15, -0.1) is 6.58 Å². The van der Waals surface area contributed by atoms with Crippen molar-refractivity contribution in [1.82, 2.24) is 9.88 Å². The van der Waals surface area contributed by atoms with Crippen molar-refractivity contribution in [3.8, 4) is 0 Å². The highest BCUT2D eigenvalue weighted by atomic mass is 16.3. The molecule has 2 aromatic rings. The third-order valence-electron chi connectivity index (χ3n) is 6.39. The van der Waals surface area contributed by atoms with E-state index >= 15 is 0 Å². The Bertz CT molecular complexity index is 804. The van der Waals surface area contributed by atoms with Gasteiger partial charge in [0.25, 0.3) is 0 Å². The zero-order chi connectivity index (χ0) is 17.2. The number of aromatic nitrogens is 1. The molecule has 4 atom stereocenters. The van der Waals surface area contributed by atoms with Gasteiger partial charge in [-0.05, 0) is 36.6 Å². The maximum absolute atomic E-state index is 10.9. The van der Waals surface area contributed by atoms with Crippen molar-refractivity contribution in [2.75, 3.05) is 13.6 Å². The van der Waals surface area contributed by atoms with Gasteiger partial charge >= 0.3 is 0 Å². The molecular weight excluding hydrogens is 296 g/mol. The van der Waals surface area contributed by atoms with Gasteiger partial charge in [0.1, 0.15) is 0 Å². The van der Waals surface area contributed by atoms with Crippen LogP contribution in [0.2, 0.25) is 0 Å². The van der Waals surface area contributed by atoms with Crippen LogP contribution in [0.1, 0.15) is 43.5 Å². The summed E-state index contributed by atoms with van der Waals surface area (Å²) in [5.41, 5.74) is 5.11. The Morgan fingerprint density at radius 1 is 1.38 bits per heavy atom. The predicted octanol–water partition coefficient (Wildman–Crippen LogP) is 3.58. The van der Waals surface area contributed by atoms with E-state index < -0.39 is 0 Å². The first-order valence-electron chi connectivity index (χ1n) is 9.01. The molecule has 1 aliphatic heterocycles. The number of piperidine rings is 1. The summed E-state index contributed by atoms with van der Waals surface area (Å²) in [4.78, 5) is 6.11. The van der Waals surface area contributed by atoms with Gasteiger partial charge in [-0.2, -0.15) is 0 Å². The van der Waals surface area contributed by atoms with E-state index in [1.807, 2.05) is 6.08 Å². The molecule has 0 spiro atoms. The predicted molar refractivity (Wildman–Crippen MR) is 99.6 cm³/mol. The summed E-state index contributed by atoms with van der Waals surface area (Å²) in [6.07, 6.45) is 2.76. The van der Waals surface area contributed by atoms with Crippen molar-refractivity contribution in [2.45, 2.75) is 50.7 Å². The monoisotopic (exact) mass is 324 g/mol. The van der Waals surface area contributed by atoms with E-state index in [9.17, 15) is 5.11 Å². The number of aliphatic hydroxyl groups excluding tert-OH is 1. The Morgan fingerprint density at radius 3 is 2.83 bits per heavy atom. The fourth-order valence-corrected chi connectivity index (χ4v) is 4.92. The molecule has 1 aliphatic carbocycles. The molecule has 0 unspecified atom stereocenters. The van der Waals surface area contributed by atoms with Gasteiger partial charge in [0.05, 0.1) is 6.10 Å². The van der Waals surface area contributed by atoms with Crippen molar-refractivity contribution < 1.29 is 5.11 Å². The molecule has 3 heteroatoms. The van der Waals surface area contributed by atoms with Crippen LogP contribution in [0, 0.1) is 5.92 Å². The van der Waals surface area contributed by atoms with E-state index in [4.69, 9.17) is 0 Å². The van der Waals surface area contributed by atoms with Crippen molar-refractivity contribution in [3.63, 3.8) is 0 Å². The van der Waals surface area contributed by atoms with E-state index in [0.29, 0.717) is 12.0 Å². The number of fused-ring (bicyclic) bond motifs is 2. The van der Waals surface area contributed by atoms with Crippen molar-refractivity contribution >= 4 is 10.9 Å². The number of hydrogen-bond acceptors (Lipinski definition) is 2. The number of nitrogens with zero attached hydrogens (tertiary/aromatic N) is 1. The molecule has 1 aromatic carbocycles. The van der Waals surface area contributed by atoms with Crippen LogP contribution in [0.15, 0.2) is 30.9 Å². The average molecular weight is 324 g/mol. The molecule has 0 bridgehead atoms. The van der Waals surface area contributed by atoms with Crippen LogP contribution < -0.4 is 0 Å². The third-order valence-corrected chi connectivity index (χ3v) is 6.39. The van der Waals surface area contributed by atoms with Gasteiger partial charge in [-0.1, -0.05) is 39.0 Å². The Hall–Kier alpha value is -1.58. The third kappa shape index (κ3) is 2.04. The second kappa shape index (κ2) is 5.21. The number of rotatable bonds is 2. The normalized spacial score (nSPS) is 30.4. The summed E-state index contributed by atoms with van der Waals surface area (Å²) < 4.78 is 0. The highest BCUT2D eigenvalue weighted by molar-refractivity contribution is 5.90. The maximum Gasteiger partial charge on any atom is 0.0661 e. The number of nitrogens with one attached hydrogen (secondary N) is 1. The molecule has 1 fully saturated rings. The zero-order valence-electron chi connectivity index (χ0n) is 15.1. The molecule has 1 saturated heterocycles. The standard InChI is InChI=1S/C21H28N2O/c1-6-21(3,4)20-14-10-16-18(19(24)12(2)11-23(16)5)13-8-7-9-15(22-20)17(13)14/h6-9,12,16,18-19,22,24H,1,10-11H2,2-5H3/t12-,16-,18-,19+/m1/s1. The van der Waals surface area contributed by atoms with Crippen LogP contribution >= 0.6 is 0 Å². The van der Waals surface area contributed by atoms with Crippen LogP contribution in [0.25, 0.3) is 10.9 Å². The summed E-state index contributed by atoms with van der Waals surface area (Å²) >= 11 is 0. The number of aromatic amines is 1. The fourth-order valence-electron chi connectivity index (χ4n) is 4.92. The largest absolute Gasteiger partial charge is 0.392 e. The van der Waals surface area contributed by atoms with E-state index in [1.165, 1.54) is 27.7 Å². The number of likely N-dealkylation sites (tertiary alicyclic amines) is 1. The van der Waals surface area contributed by atoms with Gasteiger partial charge in [-0.25, -0.2) is 0 Å². The molecular formula is C21H28N2O. The Balaban J connectivity index is 1.98. The number of benzene rings is 1. The lowest BCUT2D eigenvalue weighted by atomic mass is 9.69. The minimum Gasteiger partial charge on any atom is -0.392 e. The quantitative estimate of drug-likeness (QED) is 0.829. The molecule has 0 radical (unpaired) electrons. The molecule has 0 saturated carbocycles. The van der Waals surface area contributed by atoms with E-state index in [-0.39, 0.29) is 17.4 Å². The lowest BCUT2D eigenvalue weighted by Crippen LogP contribution is -2.54. The summed E-state index contributed by atoms with van der Waals surface area (Å²) in [6.45, 7) is 11.6. The molecule has 3 nitrogen and oxygen atoms in total. The Kier molecular flexibility index (Phi) is 3.45. The van der Waals surface area contributed by atoms with Crippen LogP contribution in [0.5, 0.6) is 0 Å². The smallest absolute Gasteiger partial charge is 0.0661 e. The van der Waals surface area contributed by atoms with Crippen molar-refractivity contribution in [3.05, 3.63) is 47.7 Å².